The molecule has 3 heteroatoms. The van der Waals surface area contributed by atoms with Gasteiger partial charge < -0.3 is 5.73 Å². The van der Waals surface area contributed by atoms with Crippen LogP contribution in [-0.2, 0) is 19.3 Å². The van der Waals surface area contributed by atoms with Crippen LogP contribution in [0.1, 0.15) is 17.0 Å². The number of benzene rings is 1. The molecule has 0 fully saturated rings. The van der Waals surface area contributed by atoms with Crippen molar-refractivity contribution >= 4 is 0 Å². The van der Waals surface area contributed by atoms with Gasteiger partial charge in [0.05, 0.1) is 0 Å². The van der Waals surface area contributed by atoms with Gasteiger partial charge in [0.1, 0.15) is 5.82 Å². The van der Waals surface area contributed by atoms with Crippen LogP contribution in [0, 0.1) is 0 Å². The van der Waals surface area contributed by atoms with Crippen LogP contribution in [0.25, 0.3) is 0 Å². The van der Waals surface area contributed by atoms with Crippen molar-refractivity contribution in [2.24, 2.45) is 5.73 Å². The Bertz CT molecular complexity index is 437. The summed E-state index contributed by atoms with van der Waals surface area (Å²) in [6, 6.07) is 10.4. The number of aromatic nitrogens is 2. The minimum Gasteiger partial charge on any atom is -0.330 e. The van der Waals surface area contributed by atoms with E-state index in [4.69, 9.17) is 5.73 Å². The molecule has 0 amide bonds. The van der Waals surface area contributed by atoms with Crippen LogP contribution < -0.4 is 5.73 Å². The predicted molar refractivity (Wildman–Crippen MR) is 68.6 cm³/mol. The van der Waals surface area contributed by atoms with Gasteiger partial charge in [-0.15, -0.1) is 0 Å². The lowest BCUT2D eigenvalue weighted by Crippen LogP contribution is -2.05. The normalized spacial score (nSPS) is 10.4. The van der Waals surface area contributed by atoms with Gasteiger partial charge in [-0.3, -0.25) is 0 Å². The molecule has 88 valence electrons. The summed E-state index contributed by atoms with van der Waals surface area (Å²) < 4.78 is 0. The third kappa shape index (κ3) is 3.64. The average Bonchev–Trinajstić information content (AvgIpc) is 2.40. The topological polar surface area (TPSA) is 51.8 Å². The average molecular weight is 227 g/mol. The van der Waals surface area contributed by atoms with Gasteiger partial charge in [0.2, 0.25) is 0 Å². The zero-order valence-corrected chi connectivity index (χ0v) is 9.84. The fourth-order valence-electron chi connectivity index (χ4n) is 1.71. The molecule has 17 heavy (non-hydrogen) atoms. The monoisotopic (exact) mass is 227 g/mol. The first-order valence-corrected chi connectivity index (χ1v) is 5.92. The van der Waals surface area contributed by atoms with Gasteiger partial charge in [-0.05, 0) is 30.5 Å². The molecule has 0 aliphatic heterocycles. The molecular weight excluding hydrogens is 210 g/mol. The second-order valence-electron chi connectivity index (χ2n) is 4.03. The van der Waals surface area contributed by atoms with Gasteiger partial charge in [0.15, 0.2) is 0 Å². The Labute approximate surface area is 102 Å². The number of nitrogens with zero attached hydrogens (tertiary/aromatic N) is 2. The fourth-order valence-corrected chi connectivity index (χ4v) is 1.71. The van der Waals surface area contributed by atoms with E-state index < -0.39 is 0 Å². The van der Waals surface area contributed by atoms with Crippen LogP contribution in [0.3, 0.4) is 0 Å². The van der Waals surface area contributed by atoms with Crippen molar-refractivity contribution in [3.63, 3.8) is 0 Å². The highest BCUT2D eigenvalue weighted by atomic mass is 14.9. The first-order valence-electron chi connectivity index (χ1n) is 5.92. The molecular formula is C14H17N3. The van der Waals surface area contributed by atoms with E-state index in [0.717, 1.165) is 30.7 Å². The molecule has 0 bridgehead atoms. The molecule has 0 spiro atoms. The summed E-state index contributed by atoms with van der Waals surface area (Å²) >= 11 is 0. The minimum atomic E-state index is 0.646. The summed E-state index contributed by atoms with van der Waals surface area (Å²) in [6.07, 6.45) is 6.46. The molecule has 0 radical (unpaired) electrons. The van der Waals surface area contributed by atoms with E-state index in [1.807, 2.05) is 18.5 Å². The van der Waals surface area contributed by atoms with Crippen LogP contribution in [0.4, 0.5) is 0 Å². The zero-order chi connectivity index (χ0) is 11.9. The van der Waals surface area contributed by atoms with Crippen LogP contribution in [0.5, 0.6) is 0 Å². The maximum atomic E-state index is 5.48. The molecule has 2 N–H and O–H groups in total. The van der Waals surface area contributed by atoms with Crippen molar-refractivity contribution in [3.8, 4) is 0 Å². The van der Waals surface area contributed by atoms with Gasteiger partial charge in [0.25, 0.3) is 0 Å². The van der Waals surface area contributed by atoms with Crippen molar-refractivity contribution < 1.29 is 0 Å². The van der Waals surface area contributed by atoms with Crippen LogP contribution in [0.2, 0.25) is 0 Å². The largest absolute Gasteiger partial charge is 0.330 e. The summed E-state index contributed by atoms with van der Waals surface area (Å²) in [5.41, 5.74) is 7.91. The highest BCUT2D eigenvalue weighted by Gasteiger charge is 1.99. The third-order valence-electron chi connectivity index (χ3n) is 2.67. The van der Waals surface area contributed by atoms with E-state index in [1.54, 1.807) is 0 Å². The Kier molecular flexibility index (Phi) is 4.22. The number of hydrogen-bond donors (Lipinski definition) is 1. The van der Waals surface area contributed by atoms with Crippen molar-refractivity contribution in [1.29, 1.82) is 0 Å². The van der Waals surface area contributed by atoms with E-state index in [0.29, 0.717) is 6.54 Å². The maximum Gasteiger partial charge on any atom is 0.128 e. The molecule has 0 saturated carbocycles. The molecule has 0 aliphatic rings. The minimum absolute atomic E-state index is 0.646. The molecule has 1 heterocycles. The van der Waals surface area contributed by atoms with Gasteiger partial charge in [0, 0.05) is 18.8 Å². The molecule has 1 aromatic heterocycles. The molecule has 3 nitrogen and oxygen atoms in total. The lowest BCUT2D eigenvalue weighted by Gasteiger charge is -2.02. The van der Waals surface area contributed by atoms with E-state index in [1.165, 1.54) is 5.56 Å². The highest BCUT2D eigenvalue weighted by molar-refractivity contribution is 5.15. The first-order chi connectivity index (χ1) is 8.38. The fraction of sp³-hybridized carbons (Fsp3) is 0.286. The lowest BCUT2D eigenvalue weighted by atomic mass is 10.1. The molecule has 0 aliphatic carbocycles. The smallest absolute Gasteiger partial charge is 0.128 e. The summed E-state index contributed by atoms with van der Waals surface area (Å²) in [6.45, 7) is 0.646. The van der Waals surface area contributed by atoms with Crippen molar-refractivity contribution in [2.75, 3.05) is 6.54 Å². The Morgan fingerprint density at radius 3 is 2.18 bits per heavy atom. The van der Waals surface area contributed by atoms with Crippen LogP contribution in [-0.4, -0.2) is 16.5 Å². The van der Waals surface area contributed by atoms with Crippen molar-refractivity contribution in [2.45, 2.75) is 19.3 Å². The van der Waals surface area contributed by atoms with E-state index in [2.05, 4.69) is 34.2 Å². The lowest BCUT2D eigenvalue weighted by molar-refractivity contribution is 0.839. The van der Waals surface area contributed by atoms with Gasteiger partial charge in [-0.1, -0.05) is 30.3 Å². The number of aryl methyl sites for hydroxylation is 2. The van der Waals surface area contributed by atoms with Gasteiger partial charge in [-0.2, -0.15) is 0 Å². The Balaban J connectivity index is 1.91. The van der Waals surface area contributed by atoms with E-state index >= 15 is 0 Å². The summed E-state index contributed by atoms with van der Waals surface area (Å²) in [5.74, 6) is 0.898. The Hall–Kier alpha value is -1.74. The second kappa shape index (κ2) is 6.11. The second-order valence-corrected chi connectivity index (χ2v) is 4.03. The maximum absolute atomic E-state index is 5.48. The number of hydrogen-bond acceptors (Lipinski definition) is 3. The first kappa shape index (κ1) is 11.7. The summed E-state index contributed by atoms with van der Waals surface area (Å²) in [7, 11) is 0. The Morgan fingerprint density at radius 2 is 1.53 bits per heavy atom. The number of nitrogens with two attached hydrogens (primary N) is 1. The molecule has 0 atom stereocenters. The third-order valence-corrected chi connectivity index (χ3v) is 2.67. The Morgan fingerprint density at radius 1 is 0.824 bits per heavy atom. The van der Waals surface area contributed by atoms with Crippen LogP contribution in [0.15, 0.2) is 42.7 Å². The van der Waals surface area contributed by atoms with Gasteiger partial charge in [-0.25, -0.2) is 9.97 Å². The quantitative estimate of drug-likeness (QED) is 0.846. The standard InChI is InChI=1S/C14H17N3/c15-9-8-13-10-16-14(17-11-13)7-6-12-4-2-1-3-5-12/h1-5,10-11H,6-9,15H2. The SMILES string of the molecule is NCCc1cnc(CCc2ccccc2)nc1. The molecule has 0 saturated heterocycles. The molecule has 0 unspecified atom stereocenters. The molecule has 2 rings (SSSR count). The highest BCUT2D eigenvalue weighted by Crippen LogP contribution is 2.04. The predicted octanol–water partition coefficient (Wildman–Crippen LogP) is 1.76. The van der Waals surface area contributed by atoms with Crippen molar-refractivity contribution in [3.05, 3.63) is 59.7 Å². The van der Waals surface area contributed by atoms with Gasteiger partial charge >= 0.3 is 0 Å². The van der Waals surface area contributed by atoms with E-state index in [9.17, 15) is 0 Å². The molecule has 1 aromatic carbocycles. The number of rotatable bonds is 5. The zero-order valence-electron chi connectivity index (χ0n) is 9.84. The van der Waals surface area contributed by atoms with Crippen molar-refractivity contribution in [1.82, 2.24) is 9.97 Å². The summed E-state index contributed by atoms with van der Waals surface area (Å²) in [4.78, 5) is 8.69. The summed E-state index contributed by atoms with van der Waals surface area (Å²) in [5, 5.41) is 0. The van der Waals surface area contributed by atoms with Crippen LogP contribution >= 0.6 is 0 Å². The molecule has 2 aromatic rings. The van der Waals surface area contributed by atoms with E-state index in [-0.39, 0.29) is 0 Å².